The summed E-state index contributed by atoms with van der Waals surface area (Å²) in [5.41, 5.74) is 0.154. The van der Waals surface area contributed by atoms with E-state index >= 15 is 0 Å². The smallest absolute Gasteiger partial charge is 0.352 e. The molecule has 2 atom stereocenters. The van der Waals surface area contributed by atoms with Gasteiger partial charge in [-0.2, -0.15) is 13.7 Å². The van der Waals surface area contributed by atoms with Gasteiger partial charge in [0, 0.05) is 11.5 Å². The van der Waals surface area contributed by atoms with Crippen LogP contribution in [0.1, 0.15) is 6.42 Å². The number of carboxylic acid groups (broad SMARTS) is 1. The fourth-order valence-electron chi connectivity index (χ4n) is 2.78. The Bertz CT molecular complexity index is 1080. The minimum atomic E-state index is -4.38. The number of carboxylic acids is 1. The Morgan fingerprint density at radius 3 is 2.80 bits per heavy atom. The number of aromatic nitrogens is 4. The van der Waals surface area contributed by atoms with Crippen LogP contribution in [0.15, 0.2) is 16.4 Å². The molecule has 0 spiro atoms. The standard InChI is InChI=1S/C13H13N7O7S3/c14-2-1-7(21)15-8-10(22)20-9(12(23)24)6(3-28-11(8)20)4-29-13-16-17-18-19(13)5-30(25,26)27/h8,11H,1,3-5H2,(H,15,21)(H,23,24)(H,25,26,27)/t8?,11-/m1/s1. The Labute approximate surface area is 177 Å². The van der Waals surface area contributed by atoms with Gasteiger partial charge in [-0.15, -0.1) is 16.9 Å². The van der Waals surface area contributed by atoms with E-state index in [4.69, 9.17) is 9.81 Å². The number of hydrogen-bond acceptors (Lipinski definition) is 11. The van der Waals surface area contributed by atoms with Gasteiger partial charge in [-0.3, -0.25) is 19.0 Å². The molecule has 0 aromatic carbocycles. The van der Waals surface area contributed by atoms with Crippen LogP contribution in [0.2, 0.25) is 0 Å². The van der Waals surface area contributed by atoms with Gasteiger partial charge in [-0.1, -0.05) is 11.8 Å². The lowest BCUT2D eigenvalue weighted by atomic mass is 10.0. The van der Waals surface area contributed by atoms with Gasteiger partial charge in [0.15, 0.2) is 5.88 Å². The lowest BCUT2D eigenvalue weighted by Crippen LogP contribution is -2.70. The summed E-state index contributed by atoms with van der Waals surface area (Å²) in [6.45, 7) is 0. The molecule has 30 heavy (non-hydrogen) atoms. The molecule has 160 valence electrons. The van der Waals surface area contributed by atoms with Crippen LogP contribution in [-0.2, 0) is 30.4 Å². The summed E-state index contributed by atoms with van der Waals surface area (Å²) in [6, 6.07) is 0.754. The normalized spacial score (nSPS) is 20.9. The molecule has 1 unspecified atom stereocenters. The molecular formula is C13H13N7O7S3. The second-order valence-corrected chi connectivity index (χ2v) is 9.48. The van der Waals surface area contributed by atoms with Crippen LogP contribution >= 0.6 is 23.5 Å². The van der Waals surface area contributed by atoms with E-state index in [0.29, 0.717) is 5.57 Å². The number of carbonyl (C=O) groups is 3. The third-order valence-electron chi connectivity index (χ3n) is 3.97. The maximum atomic E-state index is 12.4. The second-order valence-electron chi connectivity index (χ2n) is 6.01. The molecule has 2 aliphatic rings. The average Bonchev–Trinajstić information content (AvgIpc) is 3.08. The van der Waals surface area contributed by atoms with Crippen LogP contribution in [0.25, 0.3) is 0 Å². The summed E-state index contributed by atoms with van der Waals surface area (Å²) >= 11 is 2.19. The number of β-lactam (4-membered cyclic amide) rings is 1. The van der Waals surface area contributed by atoms with Crippen molar-refractivity contribution in [3.63, 3.8) is 0 Å². The van der Waals surface area contributed by atoms with Gasteiger partial charge in [0.2, 0.25) is 11.1 Å². The second kappa shape index (κ2) is 8.59. The van der Waals surface area contributed by atoms with E-state index in [0.717, 1.165) is 21.3 Å². The van der Waals surface area contributed by atoms with Crippen LogP contribution in [-0.4, -0.2) is 83.9 Å². The molecule has 0 bridgehead atoms. The quantitative estimate of drug-likeness (QED) is 0.217. The summed E-state index contributed by atoms with van der Waals surface area (Å²) in [7, 11) is -4.38. The molecule has 1 aromatic rings. The van der Waals surface area contributed by atoms with E-state index < -0.39 is 51.6 Å². The maximum absolute atomic E-state index is 12.4. The molecule has 3 N–H and O–H groups in total. The number of nitriles is 1. The molecule has 2 amide bonds. The number of hydrogen-bond donors (Lipinski definition) is 3. The minimum Gasteiger partial charge on any atom is -0.477 e. The molecule has 3 heterocycles. The molecule has 0 aliphatic carbocycles. The van der Waals surface area contributed by atoms with Crippen molar-refractivity contribution in [2.24, 2.45) is 0 Å². The van der Waals surface area contributed by atoms with E-state index in [1.165, 1.54) is 11.8 Å². The number of thioether (sulfide) groups is 2. The van der Waals surface area contributed by atoms with E-state index in [9.17, 15) is 27.9 Å². The minimum absolute atomic E-state index is 0.0357. The third kappa shape index (κ3) is 4.56. The zero-order valence-corrected chi connectivity index (χ0v) is 17.3. The van der Waals surface area contributed by atoms with Gasteiger partial charge >= 0.3 is 5.97 Å². The average molecular weight is 475 g/mol. The number of nitrogens with zero attached hydrogens (tertiary/aromatic N) is 6. The highest BCUT2D eigenvalue weighted by molar-refractivity contribution is 8.01. The first-order valence-corrected chi connectivity index (χ1v) is 11.7. The highest BCUT2D eigenvalue weighted by Gasteiger charge is 2.54. The monoisotopic (exact) mass is 475 g/mol. The summed E-state index contributed by atoms with van der Waals surface area (Å²) in [5.74, 6) is -3.14. The molecule has 1 saturated heterocycles. The van der Waals surface area contributed by atoms with Crippen molar-refractivity contribution in [2.45, 2.75) is 28.9 Å². The van der Waals surface area contributed by atoms with Crippen LogP contribution in [0, 0.1) is 11.3 Å². The summed E-state index contributed by atoms with van der Waals surface area (Å²) < 4.78 is 31.8. The molecular weight excluding hydrogens is 462 g/mol. The SMILES string of the molecule is N#CCC(=O)NC1C(=O)N2C(C(=O)O)=C(CSc3nnnn3CS(=O)(=O)O)CS[C@H]12. The van der Waals surface area contributed by atoms with Crippen molar-refractivity contribution >= 4 is 51.4 Å². The molecule has 3 rings (SSSR count). The number of tetrazole rings is 1. The fraction of sp³-hybridized carbons (Fsp3) is 0.462. The Kier molecular flexibility index (Phi) is 6.30. The van der Waals surface area contributed by atoms with Crippen LogP contribution in [0.3, 0.4) is 0 Å². The predicted octanol–water partition coefficient (Wildman–Crippen LogP) is -1.74. The Morgan fingerprint density at radius 2 is 2.17 bits per heavy atom. The molecule has 14 nitrogen and oxygen atoms in total. The number of fused-ring (bicyclic) bond motifs is 1. The zero-order valence-electron chi connectivity index (χ0n) is 14.8. The molecule has 1 aromatic heterocycles. The highest BCUT2D eigenvalue weighted by atomic mass is 32.2. The summed E-state index contributed by atoms with van der Waals surface area (Å²) in [5, 5.41) is 30.4. The number of nitrogens with one attached hydrogen (secondary N) is 1. The topological polar surface area (TPSA) is 208 Å². The maximum Gasteiger partial charge on any atom is 0.352 e. The number of carbonyl (C=O) groups excluding carboxylic acids is 2. The van der Waals surface area contributed by atoms with Gasteiger partial charge in [-0.05, 0) is 16.0 Å². The van der Waals surface area contributed by atoms with Crippen molar-refractivity contribution in [1.82, 2.24) is 30.4 Å². The Hall–Kier alpha value is -2.68. The molecule has 17 heteroatoms. The number of rotatable bonds is 8. The highest BCUT2D eigenvalue weighted by Crippen LogP contribution is 2.41. The van der Waals surface area contributed by atoms with Crippen molar-refractivity contribution in [1.29, 1.82) is 5.26 Å². The van der Waals surface area contributed by atoms with Gasteiger partial charge in [0.25, 0.3) is 16.0 Å². The number of aliphatic carboxylic acids is 1. The van der Waals surface area contributed by atoms with Crippen LogP contribution < -0.4 is 5.32 Å². The third-order valence-corrected chi connectivity index (χ3v) is 6.92. The van der Waals surface area contributed by atoms with E-state index in [2.05, 4.69) is 20.8 Å². The van der Waals surface area contributed by atoms with E-state index in [-0.39, 0.29) is 22.4 Å². The first kappa shape index (κ1) is 22.0. The van der Waals surface area contributed by atoms with Gasteiger partial charge in [-0.25, -0.2) is 9.48 Å². The lowest BCUT2D eigenvalue weighted by molar-refractivity contribution is -0.150. The molecule has 2 aliphatic heterocycles. The first-order valence-electron chi connectivity index (χ1n) is 8.03. The van der Waals surface area contributed by atoms with E-state index in [1.54, 1.807) is 6.07 Å². The van der Waals surface area contributed by atoms with Crippen molar-refractivity contribution in [2.75, 3.05) is 11.5 Å². The van der Waals surface area contributed by atoms with Gasteiger partial charge in [0.05, 0.1) is 6.07 Å². The zero-order chi connectivity index (χ0) is 22.1. The predicted molar refractivity (Wildman–Crippen MR) is 100 cm³/mol. The Balaban J connectivity index is 1.75. The van der Waals surface area contributed by atoms with Crippen molar-refractivity contribution in [3.8, 4) is 6.07 Å². The lowest BCUT2D eigenvalue weighted by Gasteiger charge is -2.49. The summed E-state index contributed by atoms with van der Waals surface area (Å²) in [4.78, 5) is 36.9. The van der Waals surface area contributed by atoms with Crippen molar-refractivity contribution < 1.29 is 32.5 Å². The largest absolute Gasteiger partial charge is 0.477 e. The van der Waals surface area contributed by atoms with Crippen LogP contribution in [0.5, 0.6) is 0 Å². The molecule has 0 saturated carbocycles. The molecule has 1 fully saturated rings. The Morgan fingerprint density at radius 1 is 1.43 bits per heavy atom. The fourth-order valence-corrected chi connectivity index (χ4v) is 5.70. The van der Waals surface area contributed by atoms with Gasteiger partial charge < -0.3 is 10.4 Å². The summed E-state index contributed by atoms with van der Waals surface area (Å²) in [6.07, 6.45) is -0.414. The van der Waals surface area contributed by atoms with Crippen LogP contribution in [0.4, 0.5) is 0 Å². The van der Waals surface area contributed by atoms with Crippen molar-refractivity contribution in [3.05, 3.63) is 11.3 Å². The number of amides is 2. The van der Waals surface area contributed by atoms with E-state index in [1.807, 2.05) is 0 Å². The van der Waals surface area contributed by atoms with Gasteiger partial charge in [0.1, 0.15) is 23.5 Å². The first-order chi connectivity index (χ1) is 14.1. The molecule has 0 radical (unpaired) electrons.